The lowest BCUT2D eigenvalue weighted by atomic mass is 10.0. The maximum absolute atomic E-state index is 12.6. The minimum Gasteiger partial charge on any atom is -0.465 e. The fraction of sp³-hybridized carbons (Fsp3) is 0.0435. The van der Waals surface area contributed by atoms with E-state index < -0.39 is 11.9 Å². The minimum absolute atomic E-state index is 0.245. The Hall–Kier alpha value is -4.06. The summed E-state index contributed by atoms with van der Waals surface area (Å²) in [6.07, 6.45) is 0.699. The fourth-order valence-electron chi connectivity index (χ4n) is 2.58. The van der Waals surface area contributed by atoms with Crippen molar-refractivity contribution in [3.63, 3.8) is 0 Å². The van der Waals surface area contributed by atoms with Gasteiger partial charge in [0.25, 0.3) is 0 Å². The van der Waals surface area contributed by atoms with E-state index in [-0.39, 0.29) is 11.3 Å². The number of carbonyl (C=O) groups is 4. The van der Waals surface area contributed by atoms with E-state index >= 15 is 0 Å². The second-order valence-electron chi connectivity index (χ2n) is 6.05. The van der Waals surface area contributed by atoms with Gasteiger partial charge in [-0.25, -0.2) is 9.59 Å². The molecule has 0 aromatic heterocycles. The van der Waals surface area contributed by atoms with Gasteiger partial charge in [-0.1, -0.05) is 24.3 Å². The summed E-state index contributed by atoms with van der Waals surface area (Å²) in [6, 6.07) is 18.3. The van der Waals surface area contributed by atoms with Crippen LogP contribution in [0.25, 0.3) is 0 Å². The van der Waals surface area contributed by atoms with Crippen LogP contribution >= 0.6 is 0 Å². The third kappa shape index (κ3) is 4.62. The van der Waals surface area contributed by atoms with Crippen molar-refractivity contribution in [2.45, 2.75) is 0 Å². The summed E-state index contributed by atoms with van der Waals surface area (Å²) in [5.41, 5.74) is 1.91. The quantitative estimate of drug-likeness (QED) is 0.277. The zero-order valence-electron chi connectivity index (χ0n) is 15.5. The van der Waals surface area contributed by atoms with Gasteiger partial charge >= 0.3 is 11.9 Å². The van der Waals surface area contributed by atoms with Gasteiger partial charge in [0.15, 0.2) is 5.78 Å². The number of benzene rings is 3. The van der Waals surface area contributed by atoms with E-state index in [2.05, 4.69) is 4.74 Å². The molecule has 3 rings (SSSR count). The number of esters is 2. The van der Waals surface area contributed by atoms with Crippen molar-refractivity contribution >= 4 is 24.0 Å². The number of carbonyl (C=O) groups excluding carboxylic acids is 4. The average Bonchev–Trinajstić information content (AvgIpc) is 2.78. The molecule has 6 heteroatoms. The van der Waals surface area contributed by atoms with E-state index in [4.69, 9.17) is 4.74 Å². The van der Waals surface area contributed by atoms with Crippen molar-refractivity contribution in [2.75, 3.05) is 7.11 Å². The zero-order valence-corrected chi connectivity index (χ0v) is 15.5. The van der Waals surface area contributed by atoms with Crippen molar-refractivity contribution in [3.05, 3.63) is 101 Å². The molecule has 3 aromatic carbocycles. The maximum Gasteiger partial charge on any atom is 0.343 e. The molecule has 3 aromatic rings. The Bertz CT molecular complexity index is 1050. The monoisotopic (exact) mass is 388 g/mol. The van der Waals surface area contributed by atoms with Gasteiger partial charge in [-0.2, -0.15) is 0 Å². The number of ketones is 1. The molecule has 0 aliphatic carbocycles. The highest BCUT2D eigenvalue weighted by atomic mass is 16.5. The van der Waals surface area contributed by atoms with Gasteiger partial charge in [-0.15, -0.1) is 0 Å². The standard InChI is InChI=1S/C23H16O6/c1-28-22(26)18-8-4-16(5-9-18)21(25)17-6-10-19(11-7-17)23(27)29-20-12-2-15(14-24)3-13-20/h2-14H,1H3. The summed E-state index contributed by atoms with van der Waals surface area (Å²) in [5.74, 6) is -0.991. The van der Waals surface area contributed by atoms with Crippen molar-refractivity contribution in [1.29, 1.82) is 0 Å². The molecule has 0 heterocycles. The third-order valence-electron chi connectivity index (χ3n) is 4.18. The summed E-state index contributed by atoms with van der Waals surface area (Å²) in [4.78, 5) is 46.9. The molecule has 0 fully saturated rings. The van der Waals surface area contributed by atoms with Crippen LogP contribution in [-0.4, -0.2) is 31.1 Å². The molecule has 0 bridgehead atoms. The first kappa shape index (κ1) is 19.7. The van der Waals surface area contributed by atoms with Crippen LogP contribution in [0.2, 0.25) is 0 Å². The van der Waals surface area contributed by atoms with Gasteiger partial charge < -0.3 is 9.47 Å². The molecule has 0 unspecified atom stereocenters. The highest BCUT2D eigenvalue weighted by molar-refractivity contribution is 6.09. The van der Waals surface area contributed by atoms with E-state index in [1.807, 2.05) is 0 Å². The Morgan fingerprint density at radius 3 is 1.55 bits per heavy atom. The first-order valence-electron chi connectivity index (χ1n) is 8.62. The lowest BCUT2D eigenvalue weighted by Crippen LogP contribution is -2.09. The number of hydrogen-bond donors (Lipinski definition) is 0. The number of hydrogen-bond acceptors (Lipinski definition) is 6. The first-order valence-corrected chi connectivity index (χ1v) is 8.62. The van der Waals surface area contributed by atoms with Crippen molar-refractivity contribution in [2.24, 2.45) is 0 Å². The molecule has 0 atom stereocenters. The molecule has 0 saturated carbocycles. The molecular weight excluding hydrogens is 372 g/mol. The summed E-state index contributed by atoms with van der Waals surface area (Å²) >= 11 is 0. The van der Waals surface area contributed by atoms with Gasteiger partial charge in [-0.3, -0.25) is 9.59 Å². The Labute approximate surface area is 166 Å². The van der Waals surface area contributed by atoms with Crippen molar-refractivity contribution in [3.8, 4) is 5.75 Å². The second-order valence-corrected chi connectivity index (χ2v) is 6.05. The molecule has 0 N–H and O–H groups in total. The molecule has 0 spiro atoms. The van der Waals surface area contributed by atoms with Gasteiger partial charge in [0.05, 0.1) is 18.2 Å². The number of ether oxygens (including phenoxy) is 2. The Kier molecular flexibility index (Phi) is 5.94. The van der Waals surface area contributed by atoms with Crippen LogP contribution in [0.4, 0.5) is 0 Å². The fourth-order valence-corrected chi connectivity index (χ4v) is 2.58. The molecule has 144 valence electrons. The Morgan fingerprint density at radius 2 is 1.10 bits per heavy atom. The first-order chi connectivity index (χ1) is 14.0. The smallest absolute Gasteiger partial charge is 0.343 e. The maximum atomic E-state index is 12.6. The number of rotatable bonds is 6. The predicted octanol–water partition coefficient (Wildman–Crippen LogP) is 3.74. The molecule has 0 aliphatic rings. The van der Waals surface area contributed by atoms with Crippen LogP contribution in [-0.2, 0) is 4.74 Å². The molecular formula is C23H16O6. The summed E-state index contributed by atoms with van der Waals surface area (Å²) in [5, 5.41) is 0. The number of aldehydes is 1. The lowest BCUT2D eigenvalue weighted by molar-refractivity contribution is 0.0599. The van der Waals surface area contributed by atoms with Gasteiger partial charge in [0.1, 0.15) is 12.0 Å². The normalized spacial score (nSPS) is 10.1. The Balaban J connectivity index is 1.70. The highest BCUT2D eigenvalue weighted by Gasteiger charge is 2.13. The summed E-state index contributed by atoms with van der Waals surface area (Å²) < 4.78 is 9.88. The van der Waals surface area contributed by atoms with Crippen LogP contribution < -0.4 is 4.74 Å². The zero-order chi connectivity index (χ0) is 20.8. The molecule has 0 saturated heterocycles. The van der Waals surface area contributed by atoms with Crippen LogP contribution in [0.5, 0.6) is 5.75 Å². The van der Waals surface area contributed by atoms with Gasteiger partial charge in [-0.05, 0) is 48.5 Å². The van der Waals surface area contributed by atoms with E-state index in [9.17, 15) is 19.2 Å². The third-order valence-corrected chi connectivity index (χ3v) is 4.18. The molecule has 0 aliphatic heterocycles. The van der Waals surface area contributed by atoms with Crippen LogP contribution in [0.3, 0.4) is 0 Å². The molecule has 29 heavy (non-hydrogen) atoms. The summed E-state index contributed by atoms with van der Waals surface area (Å²) in [7, 11) is 1.29. The lowest BCUT2D eigenvalue weighted by Gasteiger charge is -2.06. The molecule has 6 nitrogen and oxygen atoms in total. The van der Waals surface area contributed by atoms with Crippen LogP contribution in [0.15, 0.2) is 72.8 Å². The summed E-state index contributed by atoms with van der Waals surface area (Å²) in [6.45, 7) is 0. The second kappa shape index (κ2) is 8.75. The largest absolute Gasteiger partial charge is 0.465 e. The predicted molar refractivity (Wildman–Crippen MR) is 104 cm³/mol. The van der Waals surface area contributed by atoms with Crippen molar-refractivity contribution in [1.82, 2.24) is 0 Å². The van der Waals surface area contributed by atoms with E-state index in [1.54, 1.807) is 24.3 Å². The van der Waals surface area contributed by atoms with Gasteiger partial charge in [0.2, 0.25) is 0 Å². The van der Waals surface area contributed by atoms with Gasteiger partial charge in [0, 0.05) is 16.7 Å². The van der Waals surface area contributed by atoms with E-state index in [0.717, 1.165) is 0 Å². The minimum atomic E-state index is -0.578. The topological polar surface area (TPSA) is 86.7 Å². The Morgan fingerprint density at radius 1 is 0.655 bits per heavy atom. The molecule has 0 amide bonds. The van der Waals surface area contributed by atoms with E-state index in [1.165, 1.54) is 55.6 Å². The van der Waals surface area contributed by atoms with Crippen LogP contribution in [0.1, 0.15) is 47.0 Å². The average molecular weight is 388 g/mol. The van der Waals surface area contributed by atoms with Crippen molar-refractivity contribution < 1.29 is 28.7 Å². The highest BCUT2D eigenvalue weighted by Crippen LogP contribution is 2.16. The number of methoxy groups -OCH3 is 1. The van der Waals surface area contributed by atoms with Crippen LogP contribution in [0, 0.1) is 0 Å². The van der Waals surface area contributed by atoms with E-state index in [0.29, 0.717) is 34.3 Å². The molecule has 0 radical (unpaired) electrons. The SMILES string of the molecule is COC(=O)c1ccc(C(=O)c2ccc(C(=O)Oc3ccc(C=O)cc3)cc2)cc1.